The average Bonchev–Trinajstić information content (AvgIpc) is 3.19. The minimum atomic E-state index is 0.196. The molecular weight excluding hydrogens is 320 g/mol. The van der Waals surface area contributed by atoms with E-state index < -0.39 is 0 Å². The summed E-state index contributed by atoms with van der Waals surface area (Å²) >= 11 is 0. The van der Waals surface area contributed by atoms with Gasteiger partial charge in [-0.15, -0.1) is 0 Å². The Morgan fingerprint density at radius 1 is 0.885 bits per heavy atom. The van der Waals surface area contributed by atoms with E-state index in [0.717, 1.165) is 31.4 Å². The number of imidazole rings is 1. The smallest absolute Gasteiger partial charge is 0.0923 e. The third-order valence-corrected chi connectivity index (χ3v) is 5.03. The Morgan fingerprint density at radius 3 is 2.15 bits per heavy atom. The molecule has 1 aromatic heterocycles. The zero-order valence-corrected chi connectivity index (χ0v) is 15.7. The van der Waals surface area contributed by atoms with Crippen molar-refractivity contribution in [2.45, 2.75) is 38.7 Å². The van der Waals surface area contributed by atoms with Crippen molar-refractivity contribution in [2.75, 3.05) is 7.11 Å². The molecule has 0 aliphatic carbocycles. The normalized spacial score (nSPS) is 13.5. The van der Waals surface area contributed by atoms with Crippen LogP contribution in [0.1, 0.15) is 29.3 Å². The fraction of sp³-hybridized carbons (Fsp3) is 0.348. The lowest BCUT2D eigenvalue weighted by Gasteiger charge is -2.22. The van der Waals surface area contributed by atoms with Crippen molar-refractivity contribution in [2.24, 2.45) is 5.92 Å². The first-order chi connectivity index (χ1) is 12.7. The first-order valence-corrected chi connectivity index (χ1v) is 9.37. The fourth-order valence-electron chi connectivity index (χ4n) is 3.39. The molecule has 1 N–H and O–H groups in total. The van der Waals surface area contributed by atoms with Crippen molar-refractivity contribution < 1.29 is 4.74 Å². The molecule has 3 heteroatoms. The molecule has 0 saturated heterocycles. The first-order valence-electron chi connectivity index (χ1n) is 9.37. The highest BCUT2D eigenvalue weighted by molar-refractivity contribution is 5.25. The van der Waals surface area contributed by atoms with Gasteiger partial charge in [0.15, 0.2) is 0 Å². The molecule has 3 rings (SSSR count). The molecule has 2 aromatic carbocycles. The Morgan fingerprint density at radius 2 is 1.54 bits per heavy atom. The van der Waals surface area contributed by atoms with E-state index in [4.69, 9.17) is 4.74 Å². The van der Waals surface area contributed by atoms with Crippen LogP contribution in [0, 0.1) is 5.92 Å². The summed E-state index contributed by atoms with van der Waals surface area (Å²) in [6.45, 7) is 2.23. The first kappa shape index (κ1) is 18.4. The number of aromatic nitrogens is 2. The van der Waals surface area contributed by atoms with Crippen molar-refractivity contribution >= 4 is 0 Å². The lowest BCUT2D eigenvalue weighted by atomic mass is 9.93. The van der Waals surface area contributed by atoms with E-state index in [1.165, 1.54) is 16.7 Å². The Hall–Kier alpha value is -2.39. The molecule has 26 heavy (non-hydrogen) atoms. The van der Waals surface area contributed by atoms with Crippen molar-refractivity contribution in [3.63, 3.8) is 0 Å². The Balaban J connectivity index is 1.53. The van der Waals surface area contributed by atoms with Gasteiger partial charge in [-0.2, -0.15) is 0 Å². The van der Waals surface area contributed by atoms with Crippen LogP contribution in [0.15, 0.2) is 67.1 Å². The zero-order chi connectivity index (χ0) is 18.2. The standard InChI is InChI=1S/C23H28N2O/c1-18(14-22-16-24-17-25-22)23(26-2)15-21-12-10-20(11-13-21)9-8-19-6-4-3-5-7-19/h3-7,10-13,16-18,23H,8-9,14-15H2,1-2H3,(H,24,25)/t18-,23?/m0/s1. The summed E-state index contributed by atoms with van der Waals surface area (Å²) in [7, 11) is 1.81. The van der Waals surface area contributed by atoms with Gasteiger partial charge in [-0.05, 0) is 48.3 Å². The Labute approximate surface area is 156 Å². The largest absolute Gasteiger partial charge is 0.381 e. The topological polar surface area (TPSA) is 37.9 Å². The summed E-state index contributed by atoms with van der Waals surface area (Å²) in [5.74, 6) is 0.418. The third kappa shape index (κ3) is 5.30. The van der Waals surface area contributed by atoms with Crippen molar-refractivity contribution in [3.8, 4) is 0 Å². The summed E-state index contributed by atoms with van der Waals surface area (Å²) in [5.41, 5.74) is 5.20. The third-order valence-electron chi connectivity index (χ3n) is 5.03. The highest BCUT2D eigenvalue weighted by Gasteiger charge is 2.18. The summed E-state index contributed by atoms with van der Waals surface area (Å²) in [6.07, 6.45) is 7.91. The van der Waals surface area contributed by atoms with Crippen LogP contribution in [-0.4, -0.2) is 23.2 Å². The molecule has 0 bridgehead atoms. The van der Waals surface area contributed by atoms with Crippen LogP contribution in [0.3, 0.4) is 0 Å². The van der Waals surface area contributed by atoms with Gasteiger partial charge in [0, 0.05) is 13.3 Å². The van der Waals surface area contributed by atoms with Crippen LogP contribution in [-0.2, 0) is 30.4 Å². The van der Waals surface area contributed by atoms with E-state index in [0.29, 0.717) is 5.92 Å². The molecule has 0 radical (unpaired) electrons. The van der Waals surface area contributed by atoms with Crippen LogP contribution in [0.25, 0.3) is 0 Å². The molecule has 0 fully saturated rings. The van der Waals surface area contributed by atoms with Crippen molar-refractivity contribution in [1.82, 2.24) is 9.97 Å². The number of hydrogen-bond donors (Lipinski definition) is 1. The van der Waals surface area contributed by atoms with E-state index >= 15 is 0 Å². The van der Waals surface area contributed by atoms with Crippen LogP contribution in [0.2, 0.25) is 0 Å². The molecule has 0 spiro atoms. The fourth-order valence-corrected chi connectivity index (χ4v) is 3.39. The van der Waals surface area contributed by atoms with Gasteiger partial charge in [0.2, 0.25) is 0 Å². The van der Waals surface area contributed by atoms with E-state index in [1.807, 2.05) is 6.20 Å². The predicted octanol–water partition coefficient (Wildman–Crippen LogP) is 4.63. The highest BCUT2D eigenvalue weighted by atomic mass is 16.5. The lowest BCUT2D eigenvalue weighted by molar-refractivity contribution is 0.0586. The maximum atomic E-state index is 5.76. The number of benzene rings is 2. The second-order valence-corrected chi connectivity index (χ2v) is 7.02. The van der Waals surface area contributed by atoms with Gasteiger partial charge in [-0.1, -0.05) is 61.5 Å². The van der Waals surface area contributed by atoms with E-state index in [-0.39, 0.29) is 6.10 Å². The van der Waals surface area contributed by atoms with Gasteiger partial charge in [0.25, 0.3) is 0 Å². The summed E-state index contributed by atoms with van der Waals surface area (Å²) in [4.78, 5) is 7.35. The minimum absolute atomic E-state index is 0.196. The second kappa shape index (κ2) is 9.35. The molecule has 0 aliphatic rings. The number of aryl methyl sites for hydroxylation is 2. The minimum Gasteiger partial charge on any atom is -0.381 e. The number of hydrogen-bond acceptors (Lipinski definition) is 2. The monoisotopic (exact) mass is 348 g/mol. The molecule has 3 aromatic rings. The van der Waals surface area contributed by atoms with Gasteiger partial charge >= 0.3 is 0 Å². The van der Waals surface area contributed by atoms with E-state index in [2.05, 4.69) is 71.5 Å². The molecule has 3 nitrogen and oxygen atoms in total. The molecule has 0 aliphatic heterocycles. The molecule has 1 heterocycles. The number of rotatable bonds is 9. The Kier molecular flexibility index (Phi) is 6.62. The molecule has 0 saturated carbocycles. The van der Waals surface area contributed by atoms with Crippen molar-refractivity contribution in [1.29, 1.82) is 0 Å². The van der Waals surface area contributed by atoms with Crippen LogP contribution in [0.5, 0.6) is 0 Å². The van der Waals surface area contributed by atoms with Gasteiger partial charge in [0.1, 0.15) is 0 Å². The van der Waals surface area contributed by atoms with E-state index in [1.54, 1.807) is 13.4 Å². The summed E-state index contributed by atoms with van der Waals surface area (Å²) in [6, 6.07) is 19.7. The number of nitrogens with one attached hydrogen (secondary N) is 1. The lowest BCUT2D eigenvalue weighted by Crippen LogP contribution is -2.25. The quantitative estimate of drug-likeness (QED) is 0.612. The molecule has 2 atom stereocenters. The number of aromatic amines is 1. The van der Waals surface area contributed by atoms with Crippen LogP contribution < -0.4 is 0 Å². The SMILES string of the molecule is COC(Cc1ccc(CCc2ccccc2)cc1)[C@@H](C)Cc1c[nH]cn1. The maximum Gasteiger partial charge on any atom is 0.0923 e. The van der Waals surface area contributed by atoms with Gasteiger partial charge in [0.05, 0.1) is 18.1 Å². The number of nitrogens with zero attached hydrogens (tertiary/aromatic N) is 1. The molecule has 136 valence electrons. The number of ether oxygens (including phenoxy) is 1. The summed E-state index contributed by atoms with van der Waals surface area (Å²) < 4.78 is 5.76. The predicted molar refractivity (Wildman–Crippen MR) is 106 cm³/mol. The molecular formula is C23H28N2O. The van der Waals surface area contributed by atoms with E-state index in [9.17, 15) is 0 Å². The number of H-pyrrole nitrogens is 1. The van der Waals surface area contributed by atoms with Gasteiger partial charge in [-0.25, -0.2) is 4.98 Å². The number of methoxy groups -OCH3 is 1. The van der Waals surface area contributed by atoms with Gasteiger partial charge in [-0.3, -0.25) is 0 Å². The highest BCUT2D eigenvalue weighted by Crippen LogP contribution is 2.18. The zero-order valence-electron chi connectivity index (χ0n) is 15.7. The van der Waals surface area contributed by atoms with Gasteiger partial charge < -0.3 is 9.72 Å². The molecule has 1 unspecified atom stereocenters. The van der Waals surface area contributed by atoms with Crippen molar-refractivity contribution in [3.05, 3.63) is 89.5 Å². The molecule has 0 amide bonds. The maximum absolute atomic E-state index is 5.76. The average molecular weight is 348 g/mol. The Bertz CT molecular complexity index is 751. The summed E-state index contributed by atoms with van der Waals surface area (Å²) in [5, 5.41) is 0. The second-order valence-electron chi connectivity index (χ2n) is 7.02. The van der Waals surface area contributed by atoms with Crippen LogP contribution >= 0.6 is 0 Å². The van der Waals surface area contributed by atoms with Crippen LogP contribution in [0.4, 0.5) is 0 Å².